The molecular weight excluding hydrogens is 187 g/mol. The Balaban J connectivity index is 0.00000196. The monoisotopic (exact) mass is 200 g/mol. The van der Waals surface area contributed by atoms with Gasteiger partial charge in [-0.2, -0.15) is 0 Å². The number of carboxylic acids is 1. The summed E-state index contributed by atoms with van der Waals surface area (Å²) in [6.45, 7) is 3.73. The van der Waals surface area contributed by atoms with Crippen molar-refractivity contribution < 1.29 is 33.5 Å². The molecule has 0 atom stereocenters. The number of hydrogen-bond acceptors (Lipinski definition) is 3. The van der Waals surface area contributed by atoms with E-state index in [4.69, 9.17) is 4.74 Å². The molecule has 1 aromatic carbocycles. The molecule has 0 spiro atoms. The van der Waals surface area contributed by atoms with Crippen LogP contribution in [-0.2, 0) is 4.79 Å². The quantitative estimate of drug-likeness (QED) is 0.525. The molecule has 0 aliphatic carbocycles. The molecular formula is C11H13LiO3. The van der Waals surface area contributed by atoms with Crippen molar-refractivity contribution in [3.05, 3.63) is 29.8 Å². The van der Waals surface area contributed by atoms with E-state index in [1.807, 2.05) is 18.2 Å². The summed E-state index contributed by atoms with van der Waals surface area (Å²) >= 11 is 0. The summed E-state index contributed by atoms with van der Waals surface area (Å²) in [6.07, 6.45) is 0. The molecule has 1 rings (SSSR count). The molecule has 3 nitrogen and oxygen atoms in total. The second-order valence-electron chi connectivity index (χ2n) is 3.39. The predicted octanol–water partition coefficient (Wildman–Crippen LogP) is -2.06. The van der Waals surface area contributed by atoms with Gasteiger partial charge in [-0.3, -0.25) is 0 Å². The summed E-state index contributed by atoms with van der Waals surface area (Å²) in [7, 11) is 0. The minimum Gasteiger partial charge on any atom is -0.546 e. The van der Waals surface area contributed by atoms with Crippen LogP contribution in [0, 0.1) is 0 Å². The zero-order valence-corrected chi connectivity index (χ0v) is 9.32. The summed E-state index contributed by atoms with van der Waals surface area (Å²) in [6, 6.07) is 7.40. The fourth-order valence-electron chi connectivity index (χ4n) is 1.11. The summed E-state index contributed by atoms with van der Waals surface area (Å²) in [5, 5.41) is 10.2. The van der Waals surface area contributed by atoms with E-state index < -0.39 is 12.6 Å². The Morgan fingerprint density at radius 1 is 1.47 bits per heavy atom. The first-order valence-corrected chi connectivity index (χ1v) is 4.52. The van der Waals surface area contributed by atoms with Crippen molar-refractivity contribution in [2.24, 2.45) is 0 Å². The molecule has 0 amide bonds. The van der Waals surface area contributed by atoms with Gasteiger partial charge in [0.2, 0.25) is 0 Å². The van der Waals surface area contributed by atoms with Gasteiger partial charge in [0.15, 0.2) is 0 Å². The molecule has 0 aliphatic rings. The number of aliphatic carboxylic acids is 1. The Morgan fingerprint density at radius 2 is 2.13 bits per heavy atom. The van der Waals surface area contributed by atoms with Crippen molar-refractivity contribution in [2.45, 2.75) is 19.8 Å². The Hall–Kier alpha value is -0.913. The van der Waals surface area contributed by atoms with Crippen LogP contribution in [0.1, 0.15) is 25.3 Å². The van der Waals surface area contributed by atoms with Crippen LogP contribution in [0.2, 0.25) is 0 Å². The number of ether oxygens (including phenoxy) is 1. The third kappa shape index (κ3) is 4.92. The smallest absolute Gasteiger partial charge is 0.546 e. The Morgan fingerprint density at radius 3 is 2.67 bits per heavy atom. The second kappa shape index (κ2) is 6.55. The molecule has 0 aliphatic heterocycles. The summed E-state index contributed by atoms with van der Waals surface area (Å²) in [5.74, 6) is -0.234. The number of rotatable bonds is 4. The average Bonchev–Trinajstić information content (AvgIpc) is 2.15. The van der Waals surface area contributed by atoms with Crippen LogP contribution < -0.4 is 28.7 Å². The fraction of sp³-hybridized carbons (Fsp3) is 0.364. The minimum atomic E-state index is -1.21. The van der Waals surface area contributed by atoms with E-state index in [9.17, 15) is 9.90 Å². The number of carboxylic acid groups (broad SMARTS) is 1. The first kappa shape index (κ1) is 14.1. The fourth-order valence-corrected chi connectivity index (χ4v) is 1.11. The summed E-state index contributed by atoms with van der Waals surface area (Å²) in [4.78, 5) is 10.2. The molecule has 1 aromatic rings. The number of carbonyl (C=O) groups is 1. The molecule has 76 valence electrons. The molecule has 0 saturated heterocycles. The van der Waals surface area contributed by atoms with Gasteiger partial charge in [-0.05, 0) is 23.6 Å². The second-order valence-corrected chi connectivity index (χ2v) is 3.39. The SMILES string of the molecule is CC(C)c1cccc(OCC(=O)[O-])c1.[Li+]. The largest absolute Gasteiger partial charge is 1.00 e. The maximum Gasteiger partial charge on any atom is 1.00 e. The summed E-state index contributed by atoms with van der Waals surface area (Å²) in [5.41, 5.74) is 1.13. The van der Waals surface area contributed by atoms with Crippen LogP contribution in [0.15, 0.2) is 24.3 Å². The Bertz CT molecular complexity index is 323. The van der Waals surface area contributed by atoms with Crippen LogP contribution in [0.5, 0.6) is 5.75 Å². The normalized spacial score (nSPS) is 9.53. The van der Waals surface area contributed by atoms with Crippen molar-refractivity contribution in [1.82, 2.24) is 0 Å². The molecule has 0 heterocycles. The Kier molecular flexibility index (Phi) is 6.15. The molecule has 0 N–H and O–H groups in total. The standard InChI is InChI=1S/C11H14O3.Li/c1-8(2)9-4-3-5-10(6-9)14-7-11(12)13;/h3-6,8H,7H2,1-2H3,(H,12,13);/q;+1/p-1. The van der Waals surface area contributed by atoms with E-state index in [1.54, 1.807) is 6.07 Å². The molecule has 15 heavy (non-hydrogen) atoms. The molecule has 0 aromatic heterocycles. The third-order valence-electron chi connectivity index (χ3n) is 1.88. The summed E-state index contributed by atoms with van der Waals surface area (Å²) < 4.78 is 5.00. The first-order chi connectivity index (χ1) is 6.59. The van der Waals surface area contributed by atoms with Gasteiger partial charge in [-0.15, -0.1) is 0 Å². The number of carbonyl (C=O) groups excluding carboxylic acids is 1. The van der Waals surface area contributed by atoms with Gasteiger partial charge in [-0.25, -0.2) is 0 Å². The van der Waals surface area contributed by atoms with Crippen LogP contribution in [0.25, 0.3) is 0 Å². The van der Waals surface area contributed by atoms with Crippen molar-refractivity contribution in [2.75, 3.05) is 6.61 Å². The predicted molar refractivity (Wildman–Crippen MR) is 51.0 cm³/mol. The molecule has 0 bridgehead atoms. The first-order valence-electron chi connectivity index (χ1n) is 4.52. The topological polar surface area (TPSA) is 49.4 Å². The number of benzene rings is 1. The van der Waals surface area contributed by atoms with Crippen molar-refractivity contribution in [3.63, 3.8) is 0 Å². The van der Waals surface area contributed by atoms with E-state index in [0.717, 1.165) is 5.56 Å². The molecule has 0 radical (unpaired) electrons. The minimum absolute atomic E-state index is 0. The van der Waals surface area contributed by atoms with Gasteiger partial charge in [0.05, 0.1) is 5.97 Å². The van der Waals surface area contributed by atoms with E-state index in [1.165, 1.54) is 0 Å². The average molecular weight is 200 g/mol. The molecule has 0 saturated carbocycles. The van der Waals surface area contributed by atoms with E-state index in [0.29, 0.717) is 11.7 Å². The van der Waals surface area contributed by atoms with Crippen molar-refractivity contribution in [3.8, 4) is 5.75 Å². The Labute approximate surface area is 102 Å². The van der Waals surface area contributed by atoms with Gasteiger partial charge in [-0.1, -0.05) is 26.0 Å². The van der Waals surface area contributed by atoms with Gasteiger partial charge >= 0.3 is 18.9 Å². The van der Waals surface area contributed by atoms with E-state index >= 15 is 0 Å². The van der Waals surface area contributed by atoms with Crippen molar-refractivity contribution in [1.29, 1.82) is 0 Å². The van der Waals surface area contributed by atoms with Crippen LogP contribution in [0.4, 0.5) is 0 Å². The van der Waals surface area contributed by atoms with Crippen LogP contribution in [0.3, 0.4) is 0 Å². The maximum atomic E-state index is 10.2. The van der Waals surface area contributed by atoms with Crippen LogP contribution in [-0.4, -0.2) is 12.6 Å². The van der Waals surface area contributed by atoms with Gasteiger partial charge in [0.25, 0.3) is 0 Å². The zero-order valence-electron chi connectivity index (χ0n) is 9.32. The zero-order chi connectivity index (χ0) is 10.6. The van der Waals surface area contributed by atoms with Gasteiger partial charge in [0, 0.05) is 0 Å². The molecule has 0 unspecified atom stereocenters. The third-order valence-corrected chi connectivity index (χ3v) is 1.88. The van der Waals surface area contributed by atoms with Crippen LogP contribution >= 0.6 is 0 Å². The van der Waals surface area contributed by atoms with Crippen molar-refractivity contribution >= 4 is 5.97 Å². The van der Waals surface area contributed by atoms with Gasteiger partial charge in [0.1, 0.15) is 12.4 Å². The van der Waals surface area contributed by atoms with Gasteiger partial charge < -0.3 is 14.6 Å². The maximum absolute atomic E-state index is 10.2. The van der Waals surface area contributed by atoms with E-state index in [-0.39, 0.29) is 18.9 Å². The molecule has 4 heteroatoms. The molecule has 0 fully saturated rings. The number of hydrogen-bond donors (Lipinski definition) is 0. The van der Waals surface area contributed by atoms with E-state index in [2.05, 4.69) is 13.8 Å².